The van der Waals surface area contributed by atoms with E-state index in [0.29, 0.717) is 22.7 Å². The van der Waals surface area contributed by atoms with E-state index in [4.69, 9.17) is 11.5 Å². The number of nitrogens with zero attached hydrogens (tertiary/aromatic N) is 5. The largest absolute Gasteiger partial charge is 0.385 e. The van der Waals surface area contributed by atoms with Gasteiger partial charge >= 0.3 is 0 Å². The molecule has 0 aliphatic carbocycles. The molecule has 12 heteroatoms. The Balaban J connectivity index is 1.64. The van der Waals surface area contributed by atoms with E-state index in [1.54, 1.807) is 6.92 Å². The first-order chi connectivity index (χ1) is 16.7. The number of aliphatic imine (C=N–C) groups is 1. The van der Waals surface area contributed by atoms with Crippen LogP contribution < -0.4 is 16.8 Å². The quantitative estimate of drug-likeness (QED) is 0.304. The van der Waals surface area contributed by atoms with Gasteiger partial charge in [-0.2, -0.15) is 5.10 Å². The number of nitrogens with two attached hydrogens (primary N) is 2. The molecular weight excluding hydrogens is 464 g/mol. The van der Waals surface area contributed by atoms with E-state index in [1.165, 1.54) is 41.6 Å². The van der Waals surface area contributed by atoms with Crippen molar-refractivity contribution in [1.82, 2.24) is 25.1 Å². The van der Waals surface area contributed by atoms with Gasteiger partial charge in [-0.05, 0) is 30.3 Å². The third-order valence-corrected chi connectivity index (χ3v) is 5.70. The first-order valence-corrected chi connectivity index (χ1v) is 10.4. The number of hydrogen-bond donors (Lipinski definition) is 3. The van der Waals surface area contributed by atoms with Crippen molar-refractivity contribution in [2.75, 3.05) is 0 Å². The van der Waals surface area contributed by atoms with Gasteiger partial charge in [0.2, 0.25) is 5.79 Å². The molecule has 5 N–H and O–H groups in total. The van der Waals surface area contributed by atoms with E-state index in [0.717, 1.165) is 6.07 Å². The Labute approximate surface area is 196 Å². The van der Waals surface area contributed by atoms with Gasteiger partial charge in [0.05, 0.1) is 16.8 Å². The van der Waals surface area contributed by atoms with E-state index in [9.17, 15) is 17.6 Å². The molecule has 0 saturated heterocycles. The Kier molecular flexibility index (Phi) is 5.15. The summed E-state index contributed by atoms with van der Waals surface area (Å²) in [6, 6.07) is 5.34. The van der Waals surface area contributed by atoms with E-state index in [-0.39, 0.29) is 22.7 Å². The molecule has 2 aromatic heterocycles. The van der Waals surface area contributed by atoms with Crippen LogP contribution in [0.3, 0.4) is 0 Å². The second-order valence-corrected chi connectivity index (χ2v) is 8.08. The van der Waals surface area contributed by atoms with E-state index >= 15 is 0 Å². The molecule has 0 amide bonds. The minimum absolute atomic E-state index is 0.0630. The van der Waals surface area contributed by atoms with E-state index in [1.807, 2.05) is 0 Å². The molecule has 5 rings (SSSR count). The molecule has 3 heterocycles. The molecule has 0 bridgehead atoms. The second kappa shape index (κ2) is 8.08. The monoisotopic (exact) mass is 482 g/mol. The van der Waals surface area contributed by atoms with Crippen molar-refractivity contribution in [3.63, 3.8) is 0 Å². The Bertz CT molecular complexity index is 1530. The number of aromatic nitrogens is 4. The van der Waals surface area contributed by atoms with Crippen LogP contribution in [0.2, 0.25) is 0 Å². The summed E-state index contributed by atoms with van der Waals surface area (Å²) >= 11 is 0. The lowest BCUT2D eigenvalue weighted by Gasteiger charge is -2.34. The zero-order chi connectivity index (χ0) is 24.9. The predicted molar refractivity (Wildman–Crippen MR) is 120 cm³/mol. The number of halogens is 4. The van der Waals surface area contributed by atoms with Crippen molar-refractivity contribution >= 4 is 22.3 Å². The highest BCUT2D eigenvalue weighted by Gasteiger charge is 2.35. The molecule has 35 heavy (non-hydrogen) atoms. The third-order valence-electron chi connectivity index (χ3n) is 5.70. The summed E-state index contributed by atoms with van der Waals surface area (Å²) < 4.78 is 58.0. The maximum absolute atomic E-state index is 14.4. The first-order valence-electron chi connectivity index (χ1n) is 10.4. The number of benzene rings is 2. The lowest BCUT2D eigenvalue weighted by Crippen LogP contribution is -2.50. The van der Waals surface area contributed by atoms with Gasteiger partial charge < -0.3 is 16.8 Å². The highest BCUT2D eigenvalue weighted by Crippen LogP contribution is 2.32. The molecule has 178 valence electrons. The molecule has 0 spiro atoms. The lowest BCUT2D eigenvalue weighted by molar-refractivity contribution is 0.258. The van der Waals surface area contributed by atoms with Gasteiger partial charge in [-0.15, -0.1) is 0 Å². The fraction of sp³-hybridized carbons (Fsp3) is 0.130. The summed E-state index contributed by atoms with van der Waals surface area (Å²) in [7, 11) is 0. The van der Waals surface area contributed by atoms with Crippen LogP contribution in [-0.2, 0) is 12.2 Å². The topological polar surface area (TPSA) is 120 Å². The standard InChI is InChI=1S/C23H18F4N8/c1-23(32-21(28)19(22(29)33-23)11-8-30-10-31-9-11)35-18-5-2-12(24)6-14(18)17(34-35)7-13-15(25)3-4-16(26)20(13)27/h2-6,8-10,32H,7,28H2,1H3,(H2,29,33). The zero-order valence-corrected chi connectivity index (χ0v) is 18.2. The molecule has 1 atom stereocenters. The van der Waals surface area contributed by atoms with Gasteiger partial charge in [-0.1, -0.05) is 0 Å². The summed E-state index contributed by atoms with van der Waals surface area (Å²) in [4.78, 5) is 12.4. The van der Waals surface area contributed by atoms with E-state index in [2.05, 4.69) is 25.4 Å². The average molecular weight is 482 g/mol. The van der Waals surface area contributed by atoms with Crippen LogP contribution >= 0.6 is 0 Å². The van der Waals surface area contributed by atoms with Gasteiger partial charge in [0, 0.05) is 42.3 Å². The van der Waals surface area contributed by atoms with Gasteiger partial charge in [0.15, 0.2) is 11.6 Å². The molecule has 4 aromatic rings. The molecule has 1 unspecified atom stereocenters. The van der Waals surface area contributed by atoms with Crippen molar-refractivity contribution in [3.8, 4) is 0 Å². The minimum Gasteiger partial charge on any atom is -0.385 e. The number of nitrogens with one attached hydrogen (secondary N) is 1. The summed E-state index contributed by atoms with van der Waals surface area (Å²) in [5.41, 5.74) is 13.4. The molecule has 2 aromatic carbocycles. The number of hydrogen-bond acceptors (Lipinski definition) is 7. The maximum atomic E-state index is 14.4. The van der Waals surface area contributed by atoms with Crippen molar-refractivity contribution in [3.05, 3.63) is 95.0 Å². The summed E-state index contributed by atoms with van der Waals surface area (Å²) in [5.74, 6) is -5.25. The maximum Gasteiger partial charge on any atom is 0.227 e. The smallest absolute Gasteiger partial charge is 0.227 e. The van der Waals surface area contributed by atoms with Gasteiger partial charge in [0.1, 0.15) is 29.6 Å². The fourth-order valence-corrected chi connectivity index (χ4v) is 4.12. The van der Waals surface area contributed by atoms with Crippen LogP contribution in [0.5, 0.6) is 0 Å². The number of amidine groups is 1. The van der Waals surface area contributed by atoms with Crippen molar-refractivity contribution in [2.24, 2.45) is 16.5 Å². The van der Waals surface area contributed by atoms with Crippen molar-refractivity contribution in [2.45, 2.75) is 19.1 Å². The Morgan fingerprint density at radius 2 is 1.71 bits per heavy atom. The van der Waals surface area contributed by atoms with E-state index < -0.39 is 41.0 Å². The van der Waals surface area contributed by atoms with Crippen molar-refractivity contribution in [1.29, 1.82) is 0 Å². The average Bonchev–Trinajstić information content (AvgIpc) is 3.18. The predicted octanol–water partition coefficient (Wildman–Crippen LogP) is 2.89. The molecule has 8 nitrogen and oxygen atoms in total. The minimum atomic E-state index is -1.39. The summed E-state index contributed by atoms with van der Waals surface area (Å²) in [5, 5.41) is 7.76. The van der Waals surface area contributed by atoms with Gasteiger partial charge in [-0.25, -0.2) is 37.2 Å². The Morgan fingerprint density at radius 1 is 1.00 bits per heavy atom. The van der Waals surface area contributed by atoms with Crippen LogP contribution in [0.25, 0.3) is 16.5 Å². The first kappa shape index (κ1) is 22.3. The highest BCUT2D eigenvalue weighted by molar-refractivity contribution is 6.23. The highest BCUT2D eigenvalue weighted by atomic mass is 19.2. The zero-order valence-electron chi connectivity index (χ0n) is 18.2. The molecule has 1 aliphatic rings. The normalized spacial score (nSPS) is 18.0. The fourth-order valence-electron chi connectivity index (χ4n) is 4.12. The van der Waals surface area contributed by atoms with Crippen LogP contribution in [0, 0.1) is 23.3 Å². The van der Waals surface area contributed by atoms with Crippen LogP contribution in [0.4, 0.5) is 17.6 Å². The second-order valence-electron chi connectivity index (χ2n) is 8.08. The van der Waals surface area contributed by atoms with Gasteiger partial charge in [0.25, 0.3) is 0 Å². The number of rotatable bonds is 4. The van der Waals surface area contributed by atoms with Crippen LogP contribution in [0.15, 0.2) is 59.9 Å². The summed E-state index contributed by atoms with van der Waals surface area (Å²) in [6.45, 7) is 1.62. The Hall–Kier alpha value is -4.48. The lowest BCUT2D eigenvalue weighted by atomic mass is 10.0. The molecule has 0 saturated carbocycles. The summed E-state index contributed by atoms with van der Waals surface area (Å²) in [6.07, 6.45) is 3.97. The number of fused-ring (bicyclic) bond motifs is 1. The van der Waals surface area contributed by atoms with Gasteiger partial charge in [-0.3, -0.25) is 0 Å². The van der Waals surface area contributed by atoms with Crippen LogP contribution in [-0.4, -0.2) is 25.6 Å². The molecular formula is C23H18F4N8. The van der Waals surface area contributed by atoms with Crippen molar-refractivity contribution < 1.29 is 17.6 Å². The van der Waals surface area contributed by atoms with Crippen LogP contribution in [0.1, 0.15) is 23.7 Å². The Morgan fingerprint density at radius 3 is 2.43 bits per heavy atom. The molecule has 1 aliphatic heterocycles. The third kappa shape index (κ3) is 3.72. The SMILES string of the molecule is CC1(n2nc(Cc3c(F)ccc(F)c3F)c3cc(F)ccc32)N=C(N)C(c2cncnc2)=C(N)N1. The molecule has 0 radical (unpaired) electrons. The molecule has 0 fully saturated rings.